The molecule has 2 rings (SSSR count). The van der Waals surface area contributed by atoms with E-state index in [9.17, 15) is 5.11 Å². The van der Waals surface area contributed by atoms with Crippen LogP contribution >= 0.6 is 23.2 Å². The van der Waals surface area contributed by atoms with Gasteiger partial charge in [0.05, 0.1) is 21.7 Å². The third-order valence-electron chi connectivity index (χ3n) is 3.03. The monoisotopic (exact) mass is 291 g/mol. The second kappa shape index (κ2) is 5.22. The van der Waals surface area contributed by atoms with Gasteiger partial charge in [-0.05, 0) is 30.7 Å². The standard InChI is InChI=1S/C15H11Cl2NO/c1-15(19,11-5-2-4-10(8-11)9-18)12-6-3-7-13(16)14(12)17/h2-8,19H,1H3. The molecule has 2 aromatic rings. The number of hydrogen-bond acceptors (Lipinski definition) is 2. The van der Waals surface area contributed by atoms with Gasteiger partial charge in [-0.1, -0.05) is 47.5 Å². The molecule has 0 aliphatic heterocycles. The summed E-state index contributed by atoms with van der Waals surface area (Å²) < 4.78 is 0. The molecule has 19 heavy (non-hydrogen) atoms. The SMILES string of the molecule is CC(O)(c1cccc(C#N)c1)c1cccc(Cl)c1Cl. The lowest BCUT2D eigenvalue weighted by molar-refractivity contribution is 0.102. The number of rotatable bonds is 2. The Kier molecular flexibility index (Phi) is 3.82. The number of aliphatic hydroxyl groups is 1. The molecule has 0 fully saturated rings. The Hall–Kier alpha value is -1.53. The van der Waals surface area contributed by atoms with E-state index >= 15 is 0 Å². The minimum atomic E-state index is -1.31. The van der Waals surface area contributed by atoms with Gasteiger partial charge in [0.15, 0.2) is 0 Å². The van der Waals surface area contributed by atoms with Crippen LogP contribution in [0.4, 0.5) is 0 Å². The first-order chi connectivity index (χ1) is 8.96. The van der Waals surface area contributed by atoms with Crippen molar-refractivity contribution in [1.29, 1.82) is 5.26 Å². The van der Waals surface area contributed by atoms with E-state index in [0.717, 1.165) is 0 Å². The van der Waals surface area contributed by atoms with Crippen LogP contribution in [0.25, 0.3) is 0 Å². The zero-order chi connectivity index (χ0) is 14.0. The molecule has 0 aliphatic rings. The van der Waals surface area contributed by atoms with Crippen LogP contribution in [0.2, 0.25) is 10.0 Å². The highest BCUT2D eigenvalue weighted by molar-refractivity contribution is 6.42. The van der Waals surface area contributed by atoms with E-state index in [1.165, 1.54) is 0 Å². The molecule has 0 radical (unpaired) electrons. The van der Waals surface area contributed by atoms with Crippen LogP contribution in [0.1, 0.15) is 23.6 Å². The van der Waals surface area contributed by atoms with Gasteiger partial charge in [-0.3, -0.25) is 0 Å². The molecule has 2 nitrogen and oxygen atoms in total. The van der Waals surface area contributed by atoms with E-state index in [1.807, 2.05) is 6.07 Å². The highest BCUT2D eigenvalue weighted by Crippen LogP contribution is 2.37. The van der Waals surface area contributed by atoms with Crippen molar-refractivity contribution in [2.45, 2.75) is 12.5 Å². The molecule has 0 spiro atoms. The molecular formula is C15H11Cl2NO. The van der Waals surface area contributed by atoms with Gasteiger partial charge in [-0.2, -0.15) is 5.26 Å². The second-order valence-electron chi connectivity index (χ2n) is 4.37. The number of nitrogens with zero attached hydrogens (tertiary/aromatic N) is 1. The van der Waals surface area contributed by atoms with E-state index in [0.29, 0.717) is 26.7 Å². The molecule has 1 unspecified atom stereocenters. The quantitative estimate of drug-likeness (QED) is 0.904. The summed E-state index contributed by atoms with van der Waals surface area (Å²) in [5.41, 5.74) is 0.276. The van der Waals surface area contributed by atoms with E-state index in [2.05, 4.69) is 0 Å². The summed E-state index contributed by atoms with van der Waals surface area (Å²) in [6, 6.07) is 13.9. The zero-order valence-corrected chi connectivity index (χ0v) is 11.7. The summed E-state index contributed by atoms with van der Waals surface area (Å²) in [4.78, 5) is 0. The maximum Gasteiger partial charge on any atom is 0.113 e. The molecule has 4 heteroatoms. The highest BCUT2D eigenvalue weighted by atomic mass is 35.5. The third-order valence-corrected chi connectivity index (χ3v) is 3.85. The minimum absolute atomic E-state index is 0.316. The van der Waals surface area contributed by atoms with Crippen molar-refractivity contribution in [3.8, 4) is 6.07 Å². The molecule has 96 valence electrons. The van der Waals surface area contributed by atoms with Crippen LogP contribution in [0, 0.1) is 11.3 Å². The van der Waals surface area contributed by atoms with Crippen LogP contribution in [0.3, 0.4) is 0 Å². The fraction of sp³-hybridized carbons (Fsp3) is 0.133. The first kappa shape index (κ1) is 13.9. The Bertz CT molecular complexity index is 659. The van der Waals surface area contributed by atoms with Crippen LogP contribution in [-0.4, -0.2) is 5.11 Å². The van der Waals surface area contributed by atoms with E-state index in [4.69, 9.17) is 28.5 Å². The molecule has 0 aliphatic carbocycles. The van der Waals surface area contributed by atoms with Crippen LogP contribution in [-0.2, 0) is 5.60 Å². The molecule has 0 heterocycles. The molecule has 0 saturated carbocycles. The lowest BCUT2D eigenvalue weighted by Crippen LogP contribution is -2.23. The smallest absolute Gasteiger partial charge is 0.113 e. The van der Waals surface area contributed by atoms with Gasteiger partial charge in [-0.25, -0.2) is 0 Å². The number of benzene rings is 2. The molecule has 0 amide bonds. The highest BCUT2D eigenvalue weighted by Gasteiger charge is 2.28. The van der Waals surface area contributed by atoms with Gasteiger partial charge < -0.3 is 5.11 Å². The largest absolute Gasteiger partial charge is 0.381 e. The van der Waals surface area contributed by atoms with Crippen molar-refractivity contribution in [3.05, 3.63) is 69.2 Å². The Morgan fingerprint density at radius 2 is 1.84 bits per heavy atom. The van der Waals surface area contributed by atoms with Crippen molar-refractivity contribution in [2.75, 3.05) is 0 Å². The second-order valence-corrected chi connectivity index (χ2v) is 5.15. The summed E-state index contributed by atoms with van der Waals surface area (Å²) in [5, 5.41) is 20.3. The molecule has 2 aromatic carbocycles. The molecular weight excluding hydrogens is 281 g/mol. The van der Waals surface area contributed by atoms with Crippen molar-refractivity contribution in [2.24, 2.45) is 0 Å². The minimum Gasteiger partial charge on any atom is -0.381 e. The van der Waals surface area contributed by atoms with Crippen LogP contribution < -0.4 is 0 Å². The molecule has 1 atom stereocenters. The average Bonchev–Trinajstić information content (AvgIpc) is 2.41. The van der Waals surface area contributed by atoms with E-state index in [1.54, 1.807) is 49.4 Å². The Morgan fingerprint density at radius 1 is 1.16 bits per heavy atom. The average molecular weight is 292 g/mol. The molecule has 0 saturated heterocycles. The van der Waals surface area contributed by atoms with Gasteiger partial charge in [0.25, 0.3) is 0 Å². The van der Waals surface area contributed by atoms with Crippen LogP contribution in [0.5, 0.6) is 0 Å². The number of hydrogen-bond donors (Lipinski definition) is 1. The zero-order valence-electron chi connectivity index (χ0n) is 10.2. The lowest BCUT2D eigenvalue weighted by Gasteiger charge is -2.26. The molecule has 0 bridgehead atoms. The normalized spacial score (nSPS) is 13.6. The van der Waals surface area contributed by atoms with Gasteiger partial charge in [0.1, 0.15) is 5.60 Å². The first-order valence-corrected chi connectivity index (χ1v) is 6.40. The van der Waals surface area contributed by atoms with E-state index < -0.39 is 5.60 Å². The Morgan fingerprint density at radius 3 is 2.53 bits per heavy atom. The topological polar surface area (TPSA) is 44.0 Å². The van der Waals surface area contributed by atoms with Gasteiger partial charge in [-0.15, -0.1) is 0 Å². The summed E-state index contributed by atoms with van der Waals surface area (Å²) >= 11 is 12.1. The predicted octanol–water partition coefficient (Wildman–Crippen LogP) is 4.12. The summed E-state index contributed by atoms with van der Waals surface area (Å²) in [6.07, 6.45) is 0. The fourth-order valence-electron chi connectivity index (χ4n) is 1.93. The van der Waals surface area contributed by atoms with Gasteiger partial charge in [0, 0.05) is 5.56 Å². The Labute approximate surface area is 121 Å². The number of halogens is 2. The Balaban J connectivity index is 2.58. The van der Waals surface area contributed by atoms with Crippen molar-refractivity contribution in [3.63, 3.8) is 0 Å². The number of nitriles is 1. The van der Waals surface area contributed by atoms with Crippen molar-refractivity contribution >= 4 is 23.2 Å². The summed E-state index contributed by atoms with van der Waals surface area (Å²) in [6.45, 7) is 1.63. The molecule has 1 N–H and O–H groups in total. The third kappa shape index (κ3) is 2.59. The maximum atomic E-state index is 10.7. The van der Waals surface area contributed by atoms with Crippen molar-refractivity contribution in [1.82, 2.24) is 0 Å². The fourth-order valence-corrected chi connectivity index (χ4v) is 2.41. The first-order valence-electron chi connectivity index (χ1n) is 5.64. The van der Waals surface area contributed by atoms with Gasteiger partial charge >= 0.3 is 0 Å². The lowest BCUT2D eigenvalue weighted by atomic mass is 9.87. The summed E-state index contributed by atoms with van der Waals surface area (Å²) in [7, 11) is 0. The molecule has 0 aromatic heterocycles. The summed E-state index contributed by atoms with van der Waals surface area (Å²) in [5.74, 6) is 0. The maximum absolute atomic E-state index is 10.7. The van der Waals surface area contributed by atoms with Crippen molar-refractivity contribution < 1.29 is 5.11 Å². The van der Waals surface area contributed by atoms with Crippen LogP contribution in [0.15, 0.2) is 42.5 Å². The van der Waals surface area contributed by atoms with E-state index in [-0.39, 0.29) is 0 Å². The van der Waals surface area contributed by atoms with Gasteiger partial charge in [0.2, 0.25) is 0 Å². The predicted molar refractivity (Wildman–Crippen MR) is 76.3 cm³/mol.